The molecule has 0 fully saturated rings. The monoisotopic (exact) mass is 341 g/mol. The van der Waals surface area contributed by atoms with Gasteiger partial charge in [-0.15, -0.1) is 0 Å². The molecule has 0 unspecified atom stereocenters. The molecule has 0 spiro atoms. The lowest BCUT2D eigenvalue weighted by Crippen LogP contribution is -2.32. The molecule has 1 N–H and O–H groups in total. The largest absolute Gasteiger partial charge is 0.350 e. The summed E-state index contributed by atoms with van der Waals surface area (Å²) < 4.78 is 3.38. The van der Waals surface area contributed by atoms with E-state index in [1.54, 1.807) is 6.21 Å². The molecule has 0 bridgehead atoms. The zero-order valence-corrected chi connectivity index (χ0v) is 14.9. The quantitative estimate of drug-likeness (QED) is 0.575. The van der Waals surface area contributed by atoms with Crippen LogP contribution < -0.4 is 5.56 Å². The molecular weight excluding hydrogens is 322 g/mol. The molecule has 0 aliphatic carbocycles. The standard InChI is InChI=1S/C17H19N5OS/c1-17(2,3)14-15(23)22(16(24)20-19-14)18-9-11-10-21(4)13-8-6-5-7-12(11)13/h5-10H,1-4H3,(H,20,24)/b18-9-. The Morgan fingerprint density at radius 1 is 1.29 bits per heavy atom. The molecule has 0 aliphatic rings. The van der Waals surface area contributed by atoms with E-state index >= 15 is 0 Å². The van der Waals surface area contributed by atoms with Gasteiger partial charge in [0.2, 0.25) is 4.77 Å². The molecule has 0 saturated carbocycles. The lowest BCUT2D eigenvalue weighted by Gasteiger charge is -2.16. The number of aromatic amines is 1. The molecule has 0 radical (unpaired) electrons. The number of aromatic nitrogens is 4. The summed E-state index contributed by atoms with van der Waals surface area (Å²) in [6.07, 6.45) is 3.62. The fourth-order valence-electron chi connectivity index (χ4n) is 2.58. The fourth-order valence-corrected chi connectivity index (χ4v) is 2.76. The Bertz CT molecular complexity index is 1050. The van der Waals surface area contributed by atoms with Gasteiger partial charge in [-0.3, -0.25) is 9.89 Å². The summed E-state index contributed by atoms with van der Waals surface area (Å²) in [5.74, 6) is 0. The number of benzene rings is 1. The van der Waals surface area contributed by atoms with Crippen molar-refractivity contribution in [2.24, 2.45) is 12.1 Å². The summed E-state index contributed by atoms with van der Waals surface area (Å²) >= 11 is 5.16. The van der Waals surface area contributed by atoms with Crippen molar-refractivity contribution in [1.29, 1.82) is 0 Å². The van der Waals surface area contributed by atoms with Gasteiger partial charge >= 0.3 is 0 Å². The van der Waals surface area contributed by atoms with E-state index < -0.39 is 5.41 Å². The average Bonchev–Trinajstić information content (AvgIpc) is 2.83. The van der Waals surface area contributed by atoms with Crippen LogP contribution >= 0.6 is 12.2 Å². The molecule has 0 amide bonds. The van der Waals surface area contributed by atoms with E-state index in [1.807, 2.05) is 62.8 Å². The van der Waals surface area contributed by atoms with Gasteiger partial charge in [0, 0.05) is 35.1 Å². The van der Waals surface area contributed by atoms with Gasteiger partial charge in [0.15, 0.2) is 0 Å². The van der Waals surface area contributed by atoms with Crippen LogP contribution in [0.5, 0.6) is 0 Å². The van der Waals surface area contributed by atoms with E-state index in [0.29, 0.717) is 5.69 Å². The third-order valence-electron chi connectivity index (χ3n) is 3.80. The highest BCUT2D eigenvalue weighted by molar-refractivity contribution is 7.71. The molecule has 0 aliphatic heterocycles. The molecule has 3 aromatic rings. The van der Waals surface area contributed by atoms with Gasteiger partial charge < -0.3 is 4.57 Å². The molecule has 6 nitrogen and oxygen atoms in total. The Labute approximate surface area is 144 Å². The summed E-state index contributed by atoms with van der Waals surface area (Å²) in [4.78, 5) is 12.6. The fraction of sp³-hybridized carbons (Fsp3) is 0.294. The van der Waals surface area contributed by atoms with Gasteiger partial charge in [0.25, 0.3) is 5.56 Å². The van der Waals surface area contributed by atoms with Crippen molar-refractivity contribution in [2.75, 3.05) is 0 Å². The smallest absolute Gasteiger partial charge is 0.297 e. The molecule has 3 rings (SSSR count). The van der Waals surface area contributed by atoms with Gasteiger partial charge in [-0.1, -0.05) is 39.0 Å². The van der Waals surface area contributed by atoms with Crippen molar-refractivity contribution in [2.45, 2.75) is 26.2 Å². The number of fused-ring (bicyclic) bond motifs is 1. The van der Waals surface area contributed by atoms with Gasteiger partial charge in [0.1, 0.15) is 5.69 Å². The third kappa shape index (κ3) is 2.82. The lowest BCUT2D eigenvalue weighted by molar-refractivity contribution is 0.529. The summed E-state index contributed by atoms with van der Waals surface area (Å²) in [7, 11) is 1.97. The zero-order valence-electron chi connectivity index (χ0n) is 14.1. The molecule has 2 aromatic heterocycles. The third-order valence-corrected chi connectivity index (χ3v) is 4.07. The van der Waals surface area contributed by atoms with Crippen LogP contribution in [0.1, 0.15) is 32.0 Å². The van der Waals surface area contributed by atoms with Crippen molar-refractivity contribution in [3.05, 3.63) is 56.8 Å². The normalized spacial score (nSPS) is 12.3. The number of rotatable bonds is 2. The number of nitrogens with one attached hydrogen (secondary N) is 1. The molecule has 0 saturated heterocycles. The minimum Gasteiger partial charge on any atom is -0.350 e. The second kappa shape index (κ2) is 5.83. The minimum atomic E-state index is -0.396. The number of H-pyrrole nitrogens is 1. The van der Waals surface area contributed by atoms with Crippen molar-refractivity contribution in [3.63, 3.8) is 0 Å². The van der Waals surface area contributed by atoms with E-state index in [-0.39, 0.29) is 10.3 Å². The Kier molecular flexibility index (Phi) is 3.96. The molecule has 0 atom stereocenters. The molecule has 2 heterocycles. The first-order valence-corrected chi connectivity index (χ1v) is 8.00. The van der Waals surface area contributed by atoms with Crippen molar-refractivity contribution in [1.82, 2.24) is 19.4 Å². The first-order valence-electron chi connectivity index (χ1n) is 7.59. The number of hydrogen-bond acceptors (Lipinski definition) is 4. The van der Waals surface area contributed by atoms with Crippen LogP contribution in [0.15, 0.2) is 40.4 Å². The van der Waals surface area contributed by atoms with Crippen LogP contribution in [0.4, 0.5) is 0 Å². The van der Waals surface area contributed by atoms with E-state index in [2.05, 4.69) is 15.3 Å². The maximum Gasteiger partial charge on any atom is 0.297 e. The van der Waals surface area contributed by atoms with E-state index in [1.165, 1.54) is 4.68 Å². The van der Waals surface area contributed by atoms with Crippen molar-refractivity contribution in [3.8, 4) is 0 Å². The Morgan fingerprint density at radius 3 is 2.71 bits per heavy atom. The maximum atomic E-state index is 12.6. The molecule has 7 heteroatoms. The first-order chi connectivity index (χ1) is 11.3. The molecular formula is C17H19N5OS. The molecule has 24 heavy (non-hydrogen) atoms. The summed E-state index contributed by atoms with van der Waals surface area (Å²) in [5.41, 5.74) is 1.71. The van der Waals surface area contributed by atoms with Crippen LogP contribution in [0.2, 0.25) is 0 Å². The Morgan fingerprint density at radius 2 is 2.00 bits per heavy atom. The maximum absolute atomic E-state index is 12.6. The average molecular weight is 341 g/mol. The summed E-state index contributed by atoms with van der Waals surface area (Å²) in [6, 6.07) is 8.02. The van der Waals surface area contributed by atoms with E-state index in [9.17, 15) is 4.79 Å². The van der Waals surface area contributed by atoms with Crippen LogP contribution in [-0.2, 0) is 12.5 Å². The second-order valence-corrected chi connectivity index (χ2v) is 7.09. The highest BCUT2D eigenvalue weighted by atomic mass is 32.1. The van der Waals surface area contributed by atoms with Gasteiger partial charge in [-0.25, -0.2) is 0 Å². The highest BCUT2D eigenvalue weighted by Gasteiger charge is 2.21. The van der Waals surface area contributed by atoms with E-state index in [0.717, 1.165) is 16.5 Å². The second-order valence-electron chi connectivity index (χ2n) is 6.70. The Hall–Kier alpha value is -2.54. The number of aryl methyl sites for hydroxylation is 1. The van der Waals surface area contributed by atoms with Crippen LogP contribution in [0.25, 0.3) is 10.9 Å². The van der Waals surface area contributed by atoms with Crippen LogP contribution in [-0.4, -0.2) is 25.7 Å². The summed E-state index contributed by atoms with van der Waals surface area (Å²) in [6.45, 7) is 5.77. The predicted molar refractivity (Wildman–Crippen MR) is 98.3 cm³/mol. The van der Waals surface area contributed by atoms with Crippen LogP contribution in [0, 0.1) is 4.77 Å². The van der Waals surface area contributed by atoms with E-state index in [4.69, 9.17) is 12.2 Å². The topological polar surface area (TPSA) is 68.0 Å². The summed E-state index contributed by atoms with van der Waals surface area (Å²) in [5, 5.41) is 12.2. The lowest BCUT2D eigenvalue weighted by atomic mass is 9.93. The first kappa shape index (κ1) is 16.3. The molecule has 124 valence electrons. The van der Waals surface area contributed by atoms with Crippen molar-refractivity contribution >= 4 is 29.3 Å². The number of para-hydroxylation sites is 1. The van der Waals surface area contributed by atoms with Gasteiger partial charge in [-0.2, -0.15) is 14.9 Å². The number of hydrogen-bond donors (Lipinski definition) is 1. The van der Waals surface area contributed by atoms with Crippen LogP contribution in [0.3, 0.4) is 0 Å². The predicted octanol–water partition coefficient (Wildman–Crippen LogP) is 2.97. The van der Waals surface area contributed by atoms with Gasteiger partial charge in [-0.05, 0) is 18.3 Å². The SMILES string of the molecule is Cn1cc(/C=N\n2c(=S)[nH]nc(C(C)(C)C)c2=O)c2ccccc21. The minimum absolute atomic E-state index is 0.171. The Balaban J connectivity index is 2.13. The zero-order chi connectivity index (χ0) is 17.5. The highest BCUT2D eigenvalue weighted by Crippen LogP contribution is 2.19. The number of nitrogens with zero attached hydrogens (tertiary/aromatic N) is 4. The van der Waals surface area contributed by atoms with Gasteiger partial charge in [0.05, 0.1) is 6.21 Å². The van der Waals surface area contributed by atoms with Crippen molar-refractivity contribution < 1.29 is 0 Å². The molecule has 1 aromatic carbocycles.